The second-order valence-corrected chi connectivity index (χ2v) is 7.77. The quantitative estimate of drug-likeness (QED) is 0.742. The van der Waals surface area contributed by atoms with Crippen LogP contribution in [0.3, 0.4) is 0 Å². The number of carbonyl (C=O) groups is 1. The first-order valence-corrected chi connectivity index (χ1v) is 10.1. The van der Waals surface area contributed by atoms with Gasteiger partial charge in [0.05, 0.1) is 5.69 Å². The number of alkyl halides is 3. The van der Waals surface area contributed by atoms with Crippen molar-refractivity contribution in [1.82, 2.24) is 15.0 Å². The number of aromatic nitrogens is 3. The summed E-state index contributed by atoms with van der Waals surface area (Å²) in [5, 5.41) is 6.12. The topological polar surface area (TPSA) is 92.3 Å². The third kappa shape index (κ3) is 4.21. The lowest BCUT2D eigenvalue weighted by Crippen LogP contribution is -2.47. The maximum atomic E-state index is 12.8. The van der Waals surface area contributed by atoms with E-state index in [-0.39, 0.29) is 30.0 Å². The van der Waals surface area contributed by atoms with Gasteiger partial charge in [0.15, 0.2) is 5.82 Å². The number of aryl methyl sites for hydroxylation is 1. The predicted molar refractivity (Wildman–Crippen MR) is 108 cm³/mol. The molecule has 1 fully saturated rings. The molecule has 31 heavy (non-hydrogen) atoms. The summed E-state index contributed by atoms with van der Waals surface area (Å²) >= 11 is 0. The van der Waals surface area contributed by atoms with Gasteiger partial charge in [-0.3, -0.25) is 4.79 Å². The summed E-state index contributed by atoms with van der Waals surface area (Å²) in [7, 11) is 1.83. The molecule has 1 amide bonds. The van der Waals surface area contributed by atoms with Crippen LogP contribution < -0.4 is 20.3 Å². The normalized spacial score (nSPS) is 23.0. The second-order valence-electron chi connectivity index (χ2n) is 7.77. The molecule has 8 nitrogen and oxygen atoms in total. The summed E-state index contributed by atoms with van der Waals surface area (Å²) in [6, 6.07) is 3.34. The zero-order valence-electron chi connectivity index (χ0n) is 17.3. The number of amides is 1. The van der Waals surface area contributed by atoms with E-state index in [1.54, 1.807) is 6.92 Å². The van der Waals surface area contributed by atoms with Crippen LogP contribution >= 0.6 is 0 Å². The van der Waals surface area contributed by atoms with Gasteiger partial charge in [-0.05, 0) is 19.4 Å². The van der Waals surface area contributed by atoms with Gasteiger partial charge < -0.3 is 20.3 Å². The monoisotopic (exact) mass is 436 g/mol. The SMILES string of the molecule is CC[C@H]1C(=O)Nc2c(C)nc(NC3CC(Oc4cccc(C(F)(F)F)n4)C3)nc2N1C. The summed E-state index contributed by atoms with van der Waals surface area (Å²) in [4.78, 5) is 26.6. The van der Waals surface area contributed by atoms with Gasteiger partial charge in [0.25, 0.3) is 0 Å². The van der Waals surface area contributed by atoms with Crippen molar-refractivity contribution in [3.05, 3.63) is 29.6 Å². The van der Waals surface area contributed by atoms with Crippen molar-refractivity contribution in [2.24, 2.45) is 0 Å². The van der Waals surface area contributed by atoms with Gasteiger partial charge >= 0.3 is 6.18 Å². The van der Waals surface area contributed by atoms with Crippen LogP contribution in [0.25, 0.3) is 0 Å². The third-order valence-electron chi connectivity index (χ3n) is 5.54. The molecular formula is C20H23F3N6O2. The number of halogens is 3. The highest BCUT2D eigenvalue weighted by Gasteiger charge is 2.36. The van der Waals surface area contributed by atoms with Crippen LogP contribution in [0.15, 0.2) is 18.2 Å². The Morgan fingerprint density at radius 2 is 2.00 bits per heavy atom. The predicted octanol–water partition coefficient (Wildman–Crippen LogP) is 3.39. The van der Waals surface area contributed by atoms with E-state index in [0.29, 0.717) is 42.4 Å². The van der Waals surface area contributed by atoms with Crippen molar-refractivity contribution in [3.63, 3.8) is 0 Å². The molecule has 0 radical (unpaired) electrons. The molecule has 0 aromatic carbocycles. The summed E-state index contributed by atoms with van der Waals surface area (Å²) in [5.41, 5.74) is 0.286. The van der Waals surface area contributed by atoms with E-state index in [1.807, 2.05) is 18.9 Å². The maximum absolute atomic E-state index is 12.8. The standard InChI is InChI=1S/C20H23F3N6O2/c1-4-13-18(30)27-16-10(2)24-19(28-17(16)29(13)3)25-11-8-12(9-11)31-15-7-5-6-14(26-15)20(21,22)23/h5-7,11-13H,4,8-9H2,1-3H3,(H,27,30)(H,24,25,28)/t11?,12?,13-/m0/s1. The summed E-state index contributed by atoms with van der Waals surface area (Å²) < 4.78 is 43.9. The van der Waals surface area contributed by atoms with Gasteiger partial charge in [0, 0.05) is 32.0 Å². The number of anilines is 3. The first-order chi connectivity index (χ1) is 14.7. The Kier molecular flexibility index (Phi) is 5.36. The van der Waals surface area contributed by atoms with Crippen molar-refractivity contribution in [2.45, 2.75) is 57.5 Å². The molecule has 2 N–H and O–H groups in total. The number of pyridine rings is 1. The number of nitrogens with one attached hydrogen (secondary N) is 2. The highest BCUT2D eigenvalue weighted by molar-refractivity contribution is 6.03. The van der Waals surface area contributed by atoms with Crippen LogP contribution in [0.4, 0.5) is 30.6 Å². The molecule has 2 aromatic rings. The van der Waals surface area contributed by atoms with Gasteiger partial charge in [-0.25, -0.2) is 9.97 Å². The Morgan fingerprint density at radius 3 is 2.68 bits per heavy atom. The molecule has 1 aliphatic carbocycles. The number of fused-ring (bicyclic) bond motifs is 1. The van der Waals surface area contributed by atoms with Gasteiger partial charge in [0.2, 0.25) is 17.7 Å². The first kappa shape index (κ1) is 21.1. The van der Waals surface area contributed by atoms with Crippen molar-refractivity contribution >= 4 is 23.4 Å². The second kappa shape index (κ2) is 7.86. The number of carbonyl (C=O) groups excluding carboxylic acids is 1. The number of hydrogen-bond donors (Lipinski definition) is 2. The molecule has 1 saturated carbocycles. The average molecular weight is 436 g/mol. The fourth-order valence-electron chi connectivity index (χ4n) is 3.78. The highest BCUT2D eigenvalue weighted by Crippen LogP contribution is 2.35. The average Bonchev–Trinajstić information content (AvgIpc) is 2.67. The van der Waals surface area contributed by atoms with E-state index < -0.39 is 11.9 Å². The van der Waals surface area contributed by atoms with E-state index in [1.165, 1.54) is 12.1 Å². The van der Waals surface area contributed by atoms with Gasteiger partial charge in [0.1, 0.15) is 23.5 Å². The lowest BCUT2D eigenvalue weighted by molar-refractivity contribution is -0.141. The third-order valence-corrected chi connectivity index (χ3v) is 5.54. The van der Waals surface area contributed by atoms with Gasteiger partial charge in [-0.15, -0.1) is 0 Å². The van der Waals surface area contributed by atoms with Crippen LogP contribution in [-0.2, 0) is 11.0 Å². The minimum absolute atomic E-state index is 0.0266. The van der Waals surface area contributed by atoms with Crippen LogP contribution in [0.1, 0.15) is 37.6 Å². The molecule has 0 saturated heterocycles. The molecule has 0 unspecified atom stereocenters. The van der Waals surface area contributed by atoms with E-state index in [4.69, 9.17) is 4.74 Å². The lowest BCUT2D eigenvalue weighted by Gasteiger charge is -2.37. The van der Waals surface area contributed by atoms with Crippen LogP contribution in [-0.4, -0.2) is 46.1 Å². The van der Waals surface area contributed by atoms with Crippen molar-refractivity contribution in [2.75, 3.05) is 22.6 Å². The highest BCUT2D eigenvalue weighted by atomic mass is 19.4. The molecule has 2 aromatic heterocycles. The lowest BCUT2D eigenvalue weighted by atomic mass is 9.89. The van der Waals surface area contributed by atoms with Crippen LogP contribution in [0.5, 0.6) is 5.88 Å². The summed E-state index contributed by atoms with van der Waals surface area (Å²) in [5.74, 6) is 0.978. The van der Waals surface area contributed by atoms with Crippen LogP contribution in [0.2, 0.25) is 0 Å². The molecular weight excluding hydrogens is 413 g/mol. The molecule has 2 aliphatic rings. The Bertz CT molecular complexity index is 993. The maximum Gasteiger partial charge on any atom is 0.433 e. The summed E-state index contributed by atoms with van der Waals surface area (Å²) in [6.07, 6.45) is -2.92. The zero-order valence-corrected chi connectivity index (χ0v) is 17.3. The molecule has 166 valence electrons. The largest absolute Gasteiger partial charge is 0.474 e. The number of nitrogens with zero attached hydrogens (tertiary/aromatic N) is 4. The number of rotatable bonds is 5. The first-order valence-electron chi connectivity index (χ1n) is 10.1. The number of ether oxygens (including phenoxy) is 1. The Hall–Kier alpha value is -3.11. The Labute approximate surface area is 177 Å². The molecule has 4 rings (SSSR count). The number of likely N-dealkylation sites (N-methyl/N-ethyl adjacent to an activating group) is 1. The molecule has 1 atom stereocenters. The van der Waals surface area contributed by atoms with Crippen molar-refractivity contribution in [3.8, 4) is 5.88 Å². The molecule has 1 aliphatic heterocycles. The molecule has 0 spiro atoms. The Balaban J connectivity index is 1.39. The molecule has 3 heterocycles. The van der Waals surface area contributed by atoms with Gasteiger partial charge in [-0.1, -0.05) is 13.0 Å². The Morgan fingerprint density at radius 1 is 1.26 bits per heavy atom. The van der Waals surface area contributed by atoms with E-state index in [2.05, 4.69) is 25.6 Å². The molecule has 11 heteroatoms. The number of hydrogen-bond acceptors (Lipinski definition) is 7. The summed E-state index contributed by atoms with van der Waals surface area (Å²) in [6.45, 7) is 3.74. The van der Waals surface area contributed by atoms with E-state index in [0.717, 1.165) is 6.07 Å². The van der Waals surface area contributed by atoms with Crippen molar-refractivity contribution in [1.29, 1.82) is 0 Å². The zero-order chi connectivity index (χ0) is 22.3. The smallest absolute Gasteiger partial charge is 0.433 e. The minimum Gasteiger partial charge on any atom is -0.474 e. The van der Waals surface area contributed by atoms with Gasteiger partial charge in [-0.2, -0.15) is 18.2 Å². The van der Waals surface area contributed by atoms with E-state index >= 15 is 0 Å². The van der Waals surface area contributed by atoms with Crippen molar-refractivity contribution < 1.29 is 22.7 Å². The fraction of sp³-hybridized carbons (Fsp3) is 0.500. The molecule has 0 bridgehead atoms. The fourth-order valence-corrected chi connectivity index (χ4v) is 3.78. The van der Waals surface area contributed by atoms with E-state index in [9.17, 15) is 18.0 Å². The van der Waals surface area contributed by atoms with Crippen LogP contribution in [0, 0.1) is 6.92 Å². The minimum atomic E-state index is -4.51.